The van der Waals surface area contributed by atoms with E-state index in [1.54, 1.807) is 30.2 Å². The molecule has 2 aliphatic heterocycles. The van der Waals surface area contributed by atoms with Crippen LogP contribution in [0.25, 0.3) is 11.3 Å². The van der Waals surface area contributed by atoms with Gasteiger partial charge in [-0.25, -0.2) is 9.37 Å². The van der Waals surface area contributed by atoms with Crippen LogP contribution in [0.5, 0.6) is 11.5 Å². The molecule has 0 saturated carbocycles. The Morgan fingerprint density at radius 3 is 2.54 bits per heavy atom. The van der Waals surface area contributed by atoms with E-state index in [2.05, 4.69) is 30.4 Å². The largest absolute Gasteiger partial charge is 0.592 e. The van der Waals surface area contributed by atoms with Gasteiger partial charge in [0.25, 0.3) is 11.8 Å². The number of hydrogen-bond donors (Lipinski definition) is 1. The number of rotatable bonds is 11. The van der Waals surface area contributed by atoms with Crippen LogP contribution < -0.4 is 19.1 Å². The van der Waals surface area contributed by atoms with E-state index in [1.165, 1.54) is 12.1 Å². The fraction of sp³-hybridized carbons (Fsp3) is 0.457. The number of halogens is 1. The molecule has 2 saturated heterocycles. The number of carbonyl (C=O) groups excluding carboxylic acids is 2. The molecule has 2 amide bonds. The summed E-state index contributed by atoms with van der Waals surface area (Å²) in [6.45, 7) is 12.3. The van der Waals surface area contributed by atoms with Crippen molar-refractivity contribution >= 4 is 29.0 Å². The third kappa shape index (κ3) is 7.58. The van der Waals surface area contributed by atoms with E-state index in [4.69, 9.17) is 14.5 Å². The molecule has 1 aromatic heterocycles. The number of carbonyl (C=O) groups is 2. The van der Waals surface area contributed by atoms with Crippen LogP contribution in [0.2, 0.25) is 0 Å². The minimum Gasteiger partial charge on any atom is -0.592 e. The van der Waals surface area contributed by atoms with Gasteiger partial charge < -0.3 is 23.8 Å². The van der Waals surface area contributed by atoms with Gasteiger partial charge in [-0.1, -0.05) is 32.9 Å². The number of methoxy groups -OCH3 is 1. The number of likely N-dealkylation sites (tertiary alicyclic amines) is 1. The van der Waals surface area contributed by atoms with Crippen LogP contribution in [0.4, 0.5) is 10.2 Å². The number of pyridine rings is 1. The van der Waals surface area contributed by atoms with E-state index >= 15 is 0 Å². The van der Waals surface area contributed by atoms with Crippen molar-refractivity contribution in [3.8, 4) is 22.8 Å². The minimum atomic E-state index is -1.95. The number of benzene rings is 2. The van der Waals surface area contributed by atoms with E-state index in [-0.39, 0.29) is 22.9 Å². The van der Waals surface area contributed by atoms with Gasteiger partial charge in [0.15, 0.2) is 0 Å². The van der Waals surface area contributed by atoms with Crippen LogP contribution in [0.3, 0.4) is 0 Å². The summed E-state index contributed by atoms with van der Waals surface area (Å²) < 4.78 is 41.7. The quantitative estimate of drug-likeness (QED) is 0.264. The summed E-state index contributed by atoms with van der Waals surface area (Å²) in [5, 5.41) is -0.849. The van der Waals surface area contributed by atoms with Gasteiger partial charge in [-0.15, -0.1) is 0 Å². The Labute approximate surface area is 273 Å². The van der Waals surface area contributed by atoms with E-state index in [0.29, 0.717) is 61.4 Å². The number of amides is 2. The Morgan fingerprint density at radius 1 is 1.15 bits per heavy atom. The van der Waals surface area contributed by atoms with Crippen molar-refractivity contribution in [3.63, 3.8) is 0 Å². The monoisotopic (exact) mass is 650 g/mol. The summed E-state index contributed by atoms with van der Waals surface area (Å²) in [7, 11) is 1.59. The summed E-state index contributed by atoms with van der Waals surface area (Å²) in [5.41, 5.74) is 1.87. The van der Waals surface area contributed by atoms with Gasteiger partial charge in [-0.2, -0.15) is 4.72 Å². The van der Waals surface area contributed by atoms with E-state index in [0.717, 1.165) is 17.7 Å². The number of nitrogens with one attached hydrogen (secondary N) is 1. The van der Waals surface area contributed by atoms with E-state index in [9.17, 15) is 18.5 Å². The molecule has 0 radical (unpaired) electrons. The topological polar surface area (TPSA) is 107 Å². The van der Waals surface area contributed by atoms with Crippen molar-refractivity contribution in [1.29, 1.82) is 0 Å². The van der Waals surface area contributed by atoms with Crippen molar-refractivity contribution in [1.82, 2.24) is 14.6 Å². The number of nitrogens with zero attached hydrogens (tertiary/aromatic N) is 3. The first-order valence-corrected chi connectivity index (χ1v) is 16.9. The summed E-state index contributed by atoms with van der Waals surface area (Å²) in [5.74, 6) is 0.885. The zero-order chi connectivity index (χ0) is 33.2. The second-order valence-electron chi connectivity index (χ2n) is 13.3. The third-order valence-electron chi connectivity index (χ3n) is 8.43. The normalized spacial score (nSPS) is 19.9. The second kappa shape index (κ2) is 13.9. The molecule has 3 unspecified atom stereocenters. The second-order valence-corrected chi connectivity index (χ2v) is 14.7. The SMILES string of the molecule is COc1ccc(CN2CCC([S+]([O-])NC(=O)c3ccc(-c4cc(F)cc(OCC(C)C)c4)nc3N3CC(C)CC3(C)C)C2=O)cc1. The molecule has 11 heteroatoms. The molecule has 5 rings (SSSR count). The molecular formula is C35H43FN4O5S. The summed E-state index contributed by atoms with van der Waals surface area (Å²) in [6.07, 6.45) is 1.25. The zero-order valence-corrected chi connectivity index (χ0v) is 28.2. The van der Waals surface area contributed by atoms with Crippen LogP contribution in [0.1, 0.15) is 63.4 Å². The lowest BCUT2D eigenvalue weighted by Crippen LogP contribution is -2.44. The summed E-state index contributed by atoms with van der Waals surface area (Å²) in [6, 6.07) is 15.2. The first-order chi connectivity index (χ1) is 21.8. The Kier molecular flexibility index (Phi) is 10.1. The Morgan fingerprint density at radius 2 is 1.89 bits per heavy atom. The average Bonchev–Trinajstić information content (AvgIpc) is 3.51. The molecule has 2 aromatic carbocycles. The molecular weight excluding hydrogens is 607 g/mol. The van der Waals surface area contributed by atoms with E-state index < -0.39 is 28.3 Å². The number of hydrogen-bond acceptors (Lipinski definition) is 7. The standard InChI is InChI=1S/C35H43FN4O5S/c1-22(2)21-45-28-16-25(15-26(36)17-28)30-12-11-29(32(37-30)40-19-23(3)18-35(40,4)5)33(41)38-46(43)31-13-14-39(34(31)42)20-24-7-9-27(44-6)10-8-24/h7-12,15-17,22-23,31H,13-14,18-21H2,1-6H3,(H,38,41). The summed E-state index contributed by atoms with van der Waals surface area (Å²) in [4.78, 5) is 35.6. The fourth-order valence-electron chi connectivity index (χ4n) is 6.24. The van der Waals surface area contributed by atoms with Crippen molar-refractivity contribution in [2.24, 2.45) is 11.8 Å². The number of aromatic nitrogens is 1. The smallest absolute Gasteiger partial charge is 0.295 e. The maximum atomic E-state index is 14.7. The van der Waals surface area contributed by atoms with Crippen LogP contribution >= 0.6 is 0 Å². The molecule has 0 spiro atoms. The molecule has 0 aliphatic carbocycles. The van der Waals surface area contributed by atoms with Crippen LogP contribution in [-0.2, 0) is 22.7 Å². The molecule has 3 atom stereocenters. The van der Waals surface area contributed by atoms with Crippen LogP contribution in [-0.4, -0.2) is 63.8 Å². The van der Waals surface area contributed by atoms with E-state index in [1.807, 2.05) is 38.1 Å². The molecule has 9 nitrogen and oxygen atoms in total. The predicted octanol–water partition coefficient (Wildman–Crippen LogP) is 5.75. The molecule has 2 aliphatic rings. The van der Waals surface area contributed by atoms with Gasteiger partial charge >= 0.3 is 0 Å². The lowest BCUT2D eigenvalue weighted by atomic mass is 9.97. The average molecular weight is 651 g/mol. The summed E-state index contributed by atoms with van der Waals surface area (Å²) >= 11 is -1.95. The maximum absolute atomic E-state index is 14.7. The maximum Gasteiger partial charge on any atom is 0.295 e. The first kappa shape index (κ1) is 33.5. The van der Waals surface area contributed by atoms with Crippen molar-refractivity contribution in [2.45, 2.75) is 64.8 Å². The highest BCUT2D eigenvalue weighted by Crippen LogP contribution is 2.39. The third-order valence-corrected chi connectivity index (χ3v) is 9.77. The lowest BCUT2D eigenvalue weighted by Gasteiger charge is -2.34. The Bertz CT molecular complexity index is 1570. The van der Waals surface area contributed by atoms with Crippen LogP contribution in [0.15, 0.2) is 54.6 Å². The Balaban J connectivity index is 1.38. The minimum absolute atomic E-state index is 0.243. The van der Waals surface area contributed by atoms with Crippen molar-refractivity contribution < 1.29 is 28.0 Å². The van der Waals surface area contributed by atoms with Gasteiger partial charge in [0.1, 0.15) is 23.1 Å². The highest BCUT2D eigenvalue weighted by molar-refractivity contribution is 7.91. The molecule has 3 heterocycles. The molecule has 3 aromatic rings. The lowest BCUT2D eigenvalue weighted by molar-refractivity contribution is -0.127. The van der Waals surface area contributed by atoms with Gasteiger partial charge in [0.2, 0.25) is 5.25 Å². The van der Waals surface area contributed by atoms with Gasteiger partial charge in [0.05, 0.1) is 36.3 Å². The molecule has 0 bridgehead atoms. The van der Waals surface area contributed by atoms with Gasteiger partial charge in [-0.05, 0) is 74.1 Å². The van der Waals surface area contributed by atoms with Gasteiger partial charge in [-0.3, -0.25) is 9.59 Å². The molecule has 1 N–H and O–H groups in total. The Hall–Kier alpha value is -3.83. The van der Waals surface area contributed by atoms with Crippen molar-refractivity contribution in [2.75, 3.05) is 31.7 Å². The van der Waals surface area contributed by atoms with Gasteiger partial charge in [0, 0.05) is 43.2 Å². The highest BCUT2D eigenvalue weighted by Gasteiger charge is 2.43. The number of ether oxygens (including phenoxy) is 2. The molecule has 46 heavy (non-hydrogen) atoms. The predicted molar refractivity (Wildman–Crippen MR) is 178 cm³/mol. The molecule has 246 valence electrons. The number of anilines is 1. The highest BCUT2D eigenvalue weighted by atomic mass is 32.2. The van der Waals surface area contributed by atoms with Crippen molar-refractivity contribution in [3.05, 3.63) is 71.5 Å². The first-order valence-electron chi connectivity index (χ1n) is 15.7. The van der Waals surface area contributed by atoms with Crippen LogP contribution in [0, 0.1) is 17.7 Å². The zero-order valence-electron chi connectivity index (χ0n) is 27.3. The molecule has 2 fully saturated rings. The fourth-order valence-corrected chi connectivity index (χ4v) is 7.33.